The Morgan fingerprint density at radius 3 is 2.32 bits per heavy atom. The van der Waals surface area contributed by atoms with Gasteiger partial charge in [0.1, 0.15) is 0 Å². The van der Waals surface area contributed by atoms with E-state index in [-0.39, 0.29) is 10.8 Å². The summed E-state index contributed by atoms with van der Waals surface area (Å²) in [5.41, 5.74) is 4.03. The van der Waals surface area contributed by atoms with E-state index in [2.05, 4.69) is 10.4 Å². The third-order valence-corrected chi connectivity index (χ3v) is 5.99. The normalized spacial score (nSPS) is 11.3. The van der Waals surface area contributed by atoms with Gasteiger partial charge in [-0.2, -0.15) is 5.10 Å². The van der Waals surface area contributed by atoms with Gasteiger partial charge < -0.3 is 5.32 Å². The largest absolute Gasteiger partial charge is 0.322 e. The first-order valence-electron chi connectivity index (χ1n) is 9.62. The van der Waals surface area contributed by atoms with Crippen molar-refractivity contribution in [2.45, 2.75) is 4.90 Å². The summed E-state index contributed by atoms with van der Waals surface area (Å²) in [6, 6.07) is 23.1. The first kappa shape index (κ1) is 20.6. The molecule has 0 fully saturated rings. The first-order valence-corrected chi connectivity index (χ1v) is 11.5. The zero-order valence-electron chi connectivity index (χ0n) is 17.1. The molecule has 0 spiro atoms. The van der Waals surface area contributed by atoms with Gasteiger partial charge in [0.05, 0.1) is 10.6 Å². The number of nitrogens with zero attached hydrogens (tertiary/aromatic N) is 2. The molecule has 1 aromatic heterocycles. The Hall–Kier alpha value is -3.71. The number of anilines is 1. The lowest BCUT2D eigenvalue weighted by atomic mass is 9.99. The zero-order valence-corrected chi connectivity index (χ0v) is 17.9. The first-order chi connectivity index (χ1) is 14.8. The third kappa shape index (κ3) is 4.57. The molecule has 1 N–H and O–H groups in total. The number of aryl methyl sites for hydroxylation is 1. The van der Waals surface area contributed by atoms with Gasteiger partial charge in [-0.15, -0.1) is 0 Å². The topological polar surface area (TPSA) is 81.1 Å². The number of nitrogens with one attached hydrogen (secondary N) is 1. The van der Waals surface area contributed by atoms with E-state index < -0.39 is 9.84 Å². The number of aromatic nitrogens is 2. The summed E-state index contributed by atoms with van der Waals surface area (Å²) < 4.78 is 25.8. The second-order valence-corrected chi connectivity index (χ2v) is 9.27. The molecule has 0 aliphatic rings. The van der Waals surface area contributed by atoms with Crippen LogP contribution in [0.4, 0.5) is 5.69 Å². The minimum Gasteiger partial charge on any atom is -0.322 e. The highest BCUT2D eigenvalue weighted by atomic mass is 32.2. The van der Waals surface area contributed by atoms with Crippen molar-refractivity contribution in [2.75, 3.05) is 11.6 Å². The van der Waals surface area contributed by atoms with Gasteiger partial charge in [-0.05, 0) is 47.5 Å². The molecule has 0 unspecified atom stereocenters. The highest BCUT2D eigenvalue weighted by Gasteiger charge is 2.17. The molecule has 6 nitrogen and oxygen atoms in total. The van der Waals surface area contributed by atoms with Crippen LogP contribution in [0.5, 0.6) is 0 Å². The second-order valence-electron chi connectivity index (χ2n) is 7.26. The molecule has 4 aromatic rings. The van der Waals surface area contributed by atoms with Gasteiger partial charge in [0.15, 0.2) is 9.84 Å². The molecule has 0 atom stereocenters. The van der Waals surface area contributed by atoms with Gasteiger partial charge in [0, 0.05) is 36.3 Å². The number of rotatable bonds is 5. The predicted molar refractivity (Wildman–Crippen MR) is 122 cm³/mol. The lowest BCUT2D eigenvalue weighted by Crippen LogP contribution is -2.14. The van der Waals surface area contributed by atoms with Gasteiger partial charge in [-0.3, -0.25) is 9.48 Å². The third-order valence-electron chi connectivity index (χ3n) is 4.88. The molecule has 1 amide bonds. The van der Waals surface area contributed by atoms with Gasteiger partial charge in [-0.25, -0.2) is 8.42 Å². The van der Waals surface area contributed by atoms with Crippen LogP contribution in [-0.4, -0.2) is 30.4 Å². The van der Waals surface area contributed by atoms with Crippen molar-refractivity contribution in [1.82, 2.24) is 9.78 Å². The number of carbonyl (C=O) groups excluding carboxylic acids is 1. The smallest absolute Gasteiger partial charge is 0.256 e. The minimum absolute atomic E-state index is 0.167. The molecule has 1 heterocycles. The molecule has 3 aromatic carbocycles. The van der Waals surface area contributed by atoms with Crippen LogP contribution in [0.15, 0.2) is 90.0 Å². The van der Waals surface area contributed by atoms with Crippen LogP contribution in [0.1, 0.15) is 10.4 Å². The Balaban J connectivity index is 1.70. The van der Waals surface area contributed by atoms with E-state index in [0.29, 0.717) is 16.8 Å². The summed E-state index contributed by atoms with van der Waals surface area (Å²) in [4.78, 5) is 13.3. The van der Waals surface area contributed by atoms with Crippen LogP contribution in [0.3, 0.4) is 0 Å². The molecule has 0 aliphatic carbocycles. The van der Waals surface area contributed by atoms with Gasteiger partial charge in [0.25, 0.3) is 5.91 Å². The quantitative estimate of drug-likeness (QED) is 0.508. The summed E-state index contributed by atoms with van der Waals surface area (Å²) in [7, 11) is -1.56. The average Bonchev–Trinajstić information content (AvgIpc) is 3.20. The zero-order chi connectivity index (χ0) is 22.0. The Morgan fingerprint density at radius 1 is 0.903 bits per heavy atom. The summed E-state index contributed by atoms with van der Waals surface area (Å²) in [6.07, 6.45) is 3.01. The van der Waals surface area contributed by atoms with Crippen molar-refractivity contribution < 1.29 is 13.2 Å². The number of hydrogen-bond acceptors (Lipinski definition) is 4. The molecule has 31 heavy (non-hydrogen) atoms. The lowest BCUT2D eigenvalue weighted by Gasteiger charge is -2.13. The second kappa shape index (κ2) is 8.20. The average molecular weight is 432 g/mol. The number of amides is 1. The van der Waals surface area contributed by atoms with E-state index in [1.807, 2.05) is 67.8 Å². The standard InChI is InChI=1S/C24H21N3O3S/c1-27-14-13-23(26-27)18-9-6-10-19(15-18)25-24(28)21-12-11-20(31(2,29)30)16-22(21)17-7-4-3-5-8-17/h3-16H,1-2H3,(H,25,28). The molecular formula is C24H21N3O3S. The van der Waals surface area contributed by atoms with Crippen LogP contribution in [0.2, 0.25) is 0 Å². The predicted octanol–water partition coefficient (Wildman–Crippen LogP) is 4.41. The number of sulfone groups is 1. The van der Waals surface area contributed by atoms with Gasteiger partial charge in [0.2, 0.25) is 0 Å². The maximum Gasteiger partial charge on any atom is 0.256 e. The number of hydrogen-bond donors (Lipinski definition) is 1. The van der Waals surface area contributed by atoms with E-state index >= 15 is 0 Å². The van der Waals surface area contributed by atoms with Crippen LogP contribution in [0.25, 0.3) is 22.4 Å². The highest BCUT2D eigenvalue weighted by Crippen LogP contribution is 2.28. The van der Waals surface area contributed by atoms with Crippen molar-refractivity contribution in [3.63, 3.8) is 0 Å². The monoisotopic (exact) mass is 431 g/mol. The Bertz CT molecular complexity index is 1360. The summed E-state index contributed by atoms with van der Waals surface area (Å²) >= 11 is 0. The fourth-order valence-corrected chi connectivity index (χ4v) is 3.98. The number of carbonyl (C=O) groups is 1. The molecule has 4 rings (SSSR count). The van der Waals surface area contributed by atoms with Crippen LogP contribution in [0, 0.1) is 0 Å². The van der Waals surface area contributed by atoms with E-state index in [9.17, 15) is 13.2 Å². The van der Waals surface area contributed by atoms with Crippen LogP contribution >= 0.6 is 0 Å². The maximum atomic E-state index is 13.1. The fraction of sp³-hybridized carbons (Fsp3) is 0.0833. The van der Waals surface area contributed by atoms with Crippen molar-refractivity contribution in [3.05, 3.63) is 90.6 Å². The fourth-order valence-electron chi connectivity index (χ4n) is 3.33. The lowest BCUT2D eigenvalue weighted by molar-refractivity contribution is 0.102. The minimum atomic E-state index is -3.41. The van der Waals surface area contributed by atoms with Gasteiger partial charge >= 0.3 is 0 Å². The van der Waals surface area contributed by atoms with E-state index in [0.717, 1.165) is 23.1 Å². The van der Waals surface area contributed by atoms with Crippen molar-refractivity contribution >= 4 is 21.4 Å². The molecule has 0 bridgehead atoms. The molecule has 0 aliphatic heterocycles. The molecule has 156 valence electrons. The maximum absolute atomic E-state index is 13.1. The molecular weight excluding hydrogens is 410 g/mol. The van der Waals surface area contributed by atoms with Crippen LogP contribution in [-0.2, 0) is 16.9 Å². The van der Waals surface area contributed by atoms with Crippen molar-refractivity contribution in [3.8, 4) is 22.4 Å². The van der Waals surface area contributed by atoms with E-state index in [4.69, 9.17) is 0 Å². The Kier molecular flexibility index (Phi) is 5.44. The van der Waals surface area contributed by atoms with Crippen molar-refractivity contribution in [1.29, 1.82) is 0 Å². The molecule has 0 radical (unpaired) electrons. The SMILES string of the molecule is Cn1ccc(-c2cccc(NC(=O)c3ccc(S(C)(=O)=O)cc3-c3ccccc3)c2)n1. The molecule has 0 saturated carbocycles. The van der Waals surface area contributed by atoms with E-state index in [1.54, 1.807) is 22.9 Å². The Morgan fingerprint density at radius 2 is 1.65 bits per heavy atom. The van der Waals surface area contributed by atoms with Crippen LogP contribution < -0.4 is 5.32 Å². The van der Waals surface area contributed by atoms with E-state index in [1.165, 1.54) is 6.07 Å². The number of benzene rings is 3. The summed E-state index contributed by atoms with van der Waals surface area (Å²) in [5, 5.41) is 7.31. The van der Waals surface area contributed by atoms with Crippen molar-refractivity contribution in [2.24, 2.45) is 7.05 Å². The van der Waals surface area contributed by atoms with Gasteiger partial charge in [-0.1, -0.05) is 42.5 Å². The highest BCUT2D eigenvalue weighted by molar-refractivity contribution is 7.90. The Labute approximate surface area is 181 Å². The summed E-state index contributed by atoms with van der Waals surface area (Å²) in [6.45, 7) is 0. The molecule has 0 saturated heterocycles. The molecule has 7 heteroatoms. The summed E-state index contributed by atoms with van der Waals surface area (Å²) in [5.74, 6) is -0.322.